The number of hydrogen-bond acceptors (Lipinski definition) is 9. The van der Waals surface area contributed by atoms with Crippen molar-refractivity contribution in [2.45, 2.75) is 49.1 Å². The van der Waals surface area contributed by atoms with Crippen molar-refractivity contribution in [2.75, 3.05) is 6.61 Å². The Kier molecular flexibility index (Phi) is 6.90. The molecule has 1 aromatic carbocycles. The van der Waals surface area contributed by atoms with E-state index in [0.29, 0.717) is 9.99 Å². The van der Waals surface area contributed by atoms with Gasteiger partial charge in [0.25, 0.3) is 0 Å². The fourth-order valence-electron chi connectivity index (χ4n) is 4.04. The van der Waals surface area contributed by atoms with Gasteiger partial charge in [-0.3, -0.25) is 4.79 Å². The van der Waals surface area contributed by atoms with Crippen LogP contribution in [0.15, 0.2) is 22.8 Å². The first-order chi connectivity index (χ1) is 14.9. The van der Waals surface area contributed by atoms with Crippen molar-refractivity contribution < 1.29 is 44.6 Å². The molecule has 13 heteroatoms. The molecule has 0 spiro atoms. The number of aliphatic hydroxyl groups is 4. The van der Waals surface area contributed by atoms with Crippen LogP contribution >= 0.6 is 27.5 Å². The molecule has 3 rings (SSSR count). The standard InChI is InChI=1S/C19H22BrClN2O9/c1-7(25)31-18(17(29)30)4-11(26)15(22)19(32-18,16(28)12(27)6-24)8-5-23-10-3-2-9(20)14(21)13(8)10/h2-3,5,11-12,15-16,23-24,26-28H,4,6,22H2,1H3,(H,29,30)/t11-,12+,15+,16+,18-,19+/m0/s1. The molecule has 2 aromatic rings. The number of aromatic amines is 1. The summed E-state index contributed by atoms with van der Waals surface area (Å²) in [4.78, 5) is 26.8. The minimum Gasteiger partial charge on any atom is -0.476 e. The number of carbonyl (C=O) groups is 2. The molecule has 0 amide bonds. The summed E-state index contributed by atoms with van der Waals surface area (Å²) in [7, 11) is 0. The molecule has 1 saturated heterocycles. The summed E-state index contributed by atoms with van der Waals surface area (Å²) in [5.74, 6) is -5.58. The Morgan fingerprint density at radius 1 is 1.44 bits per heavy atom. The lowest BCUT2D eigenvalue weighted by Gasteiger charge is -2.52. The van der Waals surface area contributed by atoms with Crippen molar-refractivity contribution in [1.29, 1.82) is 0 Å². The highest BCUT2D eigenvalue weighted by Crippen LogP contribution is 2.49. The van der Waals surface area contributed by atoms with E-state index < -0.39 is 60.7 Å². The number of aliphatic carboxylic acids is 1. The number of carbonyl (C=O) groups excluding carboxylic acids is 1. The van der Waals surface area contributed by atoms with E-state index in [1.807, 2.05) is 0 Å². The maximum absolute atomic E-state index is 12.2. The second-order valence-electron chi connectivity index (χ2n) is 7.53. The molecule has 0 unspecified atom stereocenters. The average Bonchev–Trinajstić information content (AvgIpc) is 3.17. The monoisotopic (exact) mass is 536 g/mol. The van der Waals surface area contributed by atoms with Gasteiger partial charge in [0.2, 0.25) is 0 Å². The fraction of sp³-hybridized carbons (Fsp3) is 0.474. The molecule has 0 saturated carbocycles. The lowest BCUT2D eigenvalue weighted by atomic mass is 9.73. The van der Waals surface area contributed by atoms with Gasteiger partial charge >= 0.3 is 17.7 Å². The second-order valence-corrected chi connectivity index (χ2v) is 8.76. The van der Waals surface area contributed by atoms with E-state index in [9.17, 15) is 35.1 Å². The van der Waals surface area contributed by atoms with Crippen LogP contribution in [-0.4, -0.2) is 79.2 Å². The number of carboxylic acids is 1. The third kappa shape index (κ3) is 3.80. The second kappa shape index (κ2) is 8.88. The Bertz CT molecular complexity index is 1050. The highest BCUT2D eigenvalue weighted by Gasteiger charge is 2.65. The largest absolute Gasteiger partial charge is 0.476 e. The van der Waals surface area contributed by atoms with Crippen molar-refractivity contribution in [2.24, 2.45) is 5.73 Å². The Morgan fingerprint density at radius 3 is 2.66 bits per heavy atom. The van der Waals surface area contributed by atoms with Gasteiger partial charge in [-0.2, -0.15) is 0 Å². The molecule has 0 bridgehead atoms. The highest BCUT2D eigenvalue weighted by molar-refractivity contribution is 9.10. The Labute approximate surface area is 194 Å². The van der Waals surface area contributed by atoms with Crippen LogP contribution in [0.25, 0.3) is 10.9 Å². The first-order valence-corrected chi connectivity index (χ1v) is 10.6. The summed E-state index contributed by atoms with van der Waals surface area (Å²) in [6.07, 6.45) is -5.09. The molecule has 6 atom stereocenters. The molecule has 2 heterocycles. The van der Waals surface area contributed by atoms with Crippen molar-refractivity contribution >= 4 is 50.4 Å². The van der Waals surface area contributed by atoms with E-state index in [1.165, 1.54) is 6.20 Å². The molecule has 1 aromatic heterocycles. The number of nitrogens with one attached hydrogen (secondary N) is 1. The zero-order valence-corrected chi connectivity index (χ0v) is 19.0. The minimum absolute atomic E-state index is 0.0252. The number of benzene rings is 1. The van der Waals surface area contributed by atoms with Gasteiger partial charge in [0, 0.05) is 34.1 Å². The Balaban J connectivity index is 2.38. The van der Waals surface area contributed by atoms with E-state index in [-0.39, 0.29) is 16.0 Å². The van der Waals surface area contributed by atoms with Crippen LogP contribution in [-0.2, 0) is 24.7 Å². The number of hydrogen-bond donors (Lipinski definition) is 7. The van der Waals surface area contributed by atoms with Gasteiger partial charge in [0.1, 0.15) is 17.8 Å². The number of rotatable bonds is 6. The number of H-pyrrole nitrogens is 1. The van der Waals surface area contributed by atoms with Crippen molar-refractivity contribution in [3.8, 4) is 0 Å². The number of nitrogens with two attached hydrogens (primary N) is 1. The van der Waals surface area contributed by atoms with Gasteiger partial charge in [-0.1, -0.05) is 11.6 Å². The number of ether oxygens (including phenoxy) is 2. The summed E-state index contributed by atoms with van der Waals surface area (Å²) >= 11 is 9.73. The highest BCUT2D eigenvalue weighted by atomic mass is 79.9. The number of aromatic nitrogens is 1. The summed E-state index contributed by atoms with van der Waals surface area (Å²) in [5.41, 5.74) is 4.26. The topological polar surface area (TPSA) is 196 Å². The third-order valence-electron chi connectivity index (χ3n) is 5.50. The molecule has 1 fully saturated rings. The zero-order chi connectivity index (χ0) is 24.0. The number of fused-ring (bicyclic) bond motifs is 1. The van der Waals surface area contributed by atoms with Gasteiger partial charge in [0.15, 0.2) is 0 Å². The predicted octanol–water partition coefficient (Wildman–Crippen LogP) is -0.0543. The van der Waals surface area contributed by atoms with Crippen LogP contribution in [0.2, 0.25) is 5.02 Å². The predicted molar refractivity (Wildman–Crippen MR) is 114 cm³/mol. The van der Waals surface area contributed by atoms with Gasteiger partial charge in [-0.05, 0) is 28.1 Å². The van der Waals surface area contributed by atoms with Gasteiger partial charge in [-0.25, -0.2) is 4.79 Å². The molecule has 176 valence electrons. The normalized spacial score (nSPS) is 30.1. The molecule has 0 aliphatic carbocycles. The Hall–Kier alpha value is -1.77. The van der Waals surface area contributed by atoms with Crippen LogP contribution in [0.4, 0.5) is 0 Å². The number of aliphatic hydroxyl groups excluding tert-OH is 4. The average molecular weight is 538 g/mol. The minimum atomic E-state index is -2.76. The van der Waals surface area contributed by atoms with E-state index >= 15 is 0 Å². The molecule has 32 heavy (non-hydrogen) atoms. The van der Waals surface area contributed by atoms with E-state index in [1.54, 1.807) is 12.1 Å². The molecular formula is C19H22BrClN2O9. The SMILES string of the molecule is CC(=O)O[C@@]1(C(=O)O)C[C@H](O)[C@@H](N)[C@](c2c[nH]c3ccc(Br)c(Cl)c23)([C@H](O)[C@H](O)CO)O1. The maximum Gasteiger partial charge on any atom is 0.377 e. The smallest absolute Gasteiger partial charge is 0.377 e. The van der Waals surface area contributed by atoms with Crippen molar-refractivity contribution in [3.05, 3.63) is 33.4 Å². The fourth-order valence-corrected chi connectivity index (χ4v) is 4.64. The molecule has 0 radical (unpaired) electrons. The molecule has 11 nitrogen and oxygen atoms in total. The van der Waals surface area contributed by atoms with Gasteiger partial charge < -0.3 is 45.7 Å². The van der Waals surface area contributed by atoms with Gasteiger partial charge in [0.05, 0.1) is 30.2 Å². The van der Waals surface area contributed by atoms with Crippen LogP contribution in [0.5, 0.6) is 0 Å². The first kappa shape index (κ1) is 24.9. The lowest BCUT2D eigenvalue weighted by Crippen LogP contribution is -2.72. The molecule has 1 aliphatic heterocycles. The van der Waals surface area contributed by atoms with E-state index in [0.717, 1.165) is 6.92 Å². The number of esters is 1. The summed E-state index contributed by atoms with van der Waals surface area (Å²) in [6, 6.07) is 1.71. The zero-order valence-electron chi connectivity index (χ0n) is 16.7. The van der Waals surface area contributed by atoms with Crippen LogP contribution < -0.4 is 5.73 Å². The Morgan fingerprint density at radius 2 is 2.09 bits per heavy atom. The van der Waals surface area contributed by atoms with Crippen LogP contribution in [0.3, 0.4) is 0 Å². The lowest BCUT2D eigenvalue weighted by molar-refractivity contribution is -0.339. The summed E-state index contributed by atoms with van der Waals surface area (Å²) < 4.78 is 11.2. The summed E-state index contributed by atoms with van der Waals surface area (Å²) in [5, 5.41) is 51.9. The first-order valence-electron chi connectivity index (χ1n) is 9.40. The molecular weight excluding hydrogens is 516 g/mol. The quantitative estimate of drug-likeness (QED) is 0.245. The van der Waals surface area contributed by atoms with E-state index in [4.69, 9.17) is 26.8 Å². The third-order valence-corrected chi connectivity index (χ3v) is 6.79. The van der Waals surface area contributed by atoms with Crippen molar-refractivity contribution in [1.82, 2.24) is 4.98 Å². The van der Waals surface area contributed by atoms with Crippen molar-refractivity contribution in [3.63, 3.8) is 0 Å². The maximum atomic E-state index is 12.2. The summed E-state index contributed by atoms with van der Waals surface area (Å²) in [6.45, 7) is -0.0160. The van der Waals surface area contributed by atoms with Crippen LogP contribution in [0, 0.1) is 0 Å². The van der Waals surface area contributed by atoms with Gasteiger partial charge in [-0.15, -0.1) is 0 Å². The van der Waals surface area contributed by atoms with Crippen LogP contribution in [0.1, 0.15) is 18.9 Å². The number of carboxylic acid groups (broad SMARTS) is 1. The number of halogens is 2. The van der Waals surface area contributed by atoms with E-state index in [2.05, 4.69) is 20.9 Å². The molecule has 8 N–H and O–H groups in total. The molecule has 1 aliphatic rings.